The highest BCUT2D eigenvalue weighted by Crippen LogP contribution is 2.19. The van der Waals surface area contributed by atoms with Crippen LogP contribution in [0.3, 0.4) is 0 Å². The number of hydrogen-bond donors (Lipinski definition) is 2. The number of benzene rings is 1. The van der Waals surface area contributed by atoms with Crippen LogP contribution in [0.2, 0.25) is 0 Å². The topological polar surface area (TPSA) is 70.4 Å². The fraction of sp³-hybridized carbons (Fsp3) is 0.286. The van der Waals surface area contributed by atoms with Crippen molar-refractivity contribution in [2.75, 3.05) is 18.4 Å². The number of aryl methyl sites for hydroxylation is 1. The summed E-state index contributed by atoms with van der Waals surface area (Å²) in [6.07, 6.45) is 3.20. The second-order valence-electron chi connectivity index (χ2n) is 4.97. The van der Waals surface area contributed by atoms with E-state index >= 15 is 0 Å². The maximum absolute atomic E-state index is 12.2. The van der Waals surface area contributed by atoms with Gasteiger partial charge in [0.1, 0.15) is 0 Å². The highest BCUT2D eigenvalue weighted by Gasteiger charge is 2.29. The monoisotopic (exact) mass is 272 g/mol. The molecule has 0 saturated carbocycles. The van der Waals surface area contributed by atoms with Crippen LogP contribution in [-0.2, 0) is 7.05 Å². The van der Waals surface area contributed by atoms with Gasteiger partial charge in [-0.3, -0.25) is 9.48 Å². The molecule has 0 unspecified atom stereocenters. The number of β-amino-alcohol motifs (C(OH)–C–C–N with tert-alkyl or cyclic N) is 1. The zero-order valence-electron chi connectivity index (χ0n) is 11.2. The second-order valence-corrected chi connectivity index (χ2v) is 4.97. The normalized spacial score (nSPS) is 15.0. The lowest BCUT2D eigenvalue weighted by Crippen LogP contribution is -2.53. The van der Waals surface area contributed by atoms with E-state index in [-0.39, 0.29) is 12.0 Å². The van der Waals surface area contributed by atoms with Crippen LogP contribution in [0.25, 0.3) is 0 Å². The molecule has 1 aliphatic rings. The van der Waals surface area contributed by atoms with E-state index in [2.05, 4.69) is 10.4 Å². The molecular formula is C14H16N4O2. The molecule has 0 radical (unpaired) electrons. The second kappa shape index (κ2) is 4.97. The molecule has 2 aromatic rings. The Bertz CT molecular complexity index is 632. The molecule has 104 valence electrons. The first-order valence-electron chi connectivity index (χ1n) is 6.45. The molecule has 1 aromatic carbocycles. The molecule has 6 nitrogen and oxygen atoms in total. The highest BCUT2D eigenvalue weighted by molar-refractivity contribution is 5.95. The molecular weight excluding hydrogens is 256 g/mol. The highest BCUT2D eigenvalue weighted by atomic mass is 16.3. The fourth-order valence-electron chi connectivity index (χ4n) is 2.19. The lowest BCUT2D eigenvalue weighted by Gasteiger charge is -2.35. The van der Waals surface area contributed by atoms with Gasteiger partial charge in [-0.05, 0) is 18.2 Å². The predicted octanol–water partition coefficient (Wildman–Crippen LogP) is 0.980. The number of amides is 1. The average molecular weight is 272 g/mol. The summed E-state index contributed by atoms with van der Waals surface area (Å²) in [7, 11) is 1.85. The number of rotatable bonds is 3. The largest absolute Gasteiger partial charge is 0.389 e. The lowest BCUT2D eigenvalue weighted by molar-refractivity contribution is 0.00590. The van der Waals surface area contributed by atoms with Crippen molar-refractivity contribution in [3.8, 4) is 0 Å². The van der Waals surface area contributed by atoms with Crippen LogP contribution in [0.1, 0.15) is 10.4 Å². The number of hydrogen-bond acceptors (Lipinski definition) is 4. The molecule has 6 heteroatoms. The van der Waals surface area contributed by atoms with E-state index in [4.69, 9.17) is 0 Å². The molecule has 2 N–H and O–H groups in total. The summed E-state index contributed by atoms with van der Waals surface area (Å²) in [6.45, 7) is 0.832. The van der Waals surface area contributed by atoms with Crippen molar-refractivity contribution in [2.24, 2.45) is 7.05 Å². The van der Waals surface area contributed by atoms with E-state index in [1.807, 2.05) is 25.4 Å². The Morgan fingerprint density at radius 2 is 2.20 bits per heavy atom. The van der Waals surface area contributed by atoms with E-state index in [0.717, 1.165) is 11.4 Å². The zero-order chi connectivity index (χ0) is 14.1. The van der Waals surface area contributed by atoms with Gasteiger partial charge in [-0.25, -0.2) is 0 Å². The Balaban J connectivity index is 1.74. The first-order valence-corrected chi connectivity index (χ1v) is 6.45. The molecule has 0 aliphatic carbocycles. The third kappa shape index (κ3) is 2.50. The minimum Gasteiger partial charge on any atom is -0.389 e. The number of aliphatic hydroxyl groups excluding tert-OH is 1. The number of likely N-dealkylation sites (tertiary alicyclic amines) is 1. The van der Waals surface area contributed by atoms with Crippen LogP contribution < -0.4 is 5.32 Å². The molecule has 20 heavy (non-hydrogen) atoms. The van der Waals surface area contributed by atoms with Gasteiger partial charge in [0.15, 0.2) is 0 Å². The molecule has 1 amide bonds. The summed E-state index contributed by atoms with van der Waals surface area (Å²) in [5.74, 6) is -0.0508. The summed E-state index contributed by atoms with van der Waals surface area (Å²) < 4.78 is 1.71. The van der Waals surface area contributed by atoms with E-state index < -0.39 is 0 Å². The maximum Gasteiger partial charge on any atom is 0.254 e. The van der Waals surface area contributed by atoms with Crippen LogP contribution in [-0.4, -0.2) is 44.9 Å². The minimum atomic E-state index is -0.379. The van der Waals surface area contributed by atoms with E-state index in [9.17, 15) is 9.90 Å². The lowest BCUT2D eigenvalue weighted by atomic mass is 10.1. The van der Waals surface area contributed by atoms with Gasteiger partial charge in [0.2, 0.25) is 0 Å². The van der Waals surface area contributed by atoms with Crippen molar-refractivity contribution in [1.29, 1.82) is 0 Å². The van der Waals surface area contributed by atoms with Crippen LogP contribution in [0.5, 0.6) is 0 Å². The molecule has 1 fully saturated rings. The van der Waals surface area contributed by atoms with Gasteiger partial charge in [0.05, 0.1) is 18.0 Å². The van der Waals surface area contributed by atoms with E-state index in [1.54, 1.807) is 27.9 Å². The van der Waals surface area contributed by atoms with Gasteiger partial charge in [-0.15, -0.1) is 0 Å². The quantitative estimate of drug-likeness (QED) is 0.874. The number of aliphatic hydroxyl groups is 1. The Labute approximate surface area is 116 Å². The zero-order valence-corrected chi connectivity index (χ0v) is 11.2. The standard InChI is InChI=1S/C14H16N4O2/c1-17-7-12(6-15-17)16-11-4-2-3-10(5-11)14(20)18-8-13(19)9-18/h2-7,13,16,19H,8-9H2,1H3. The number of carbonyl (C=O) groups excluding carboxylic acids is 1. The smallest absolute Gasteiger partial charge is 0.254 e. The molecule has 0 spiro atoms. The summed E-state index contributed by atoms with van der Waals surface area (Å²) in [5, 5.41) is 16.5. The summed E-state index contributed by atoms with van der Waals surface area (Å²) >= 11 is 0. The Morgan fingerprint density at radius 1 is 1.40 bits per heavy atom. The summed E-state index contributed by atoms with van der Waals surface area (Å²) in [4.78, 5) is 13.8. The molecule has 1 aliphatic heterocycles. The molecule has 1 aromatic heterocycles. The third-order valence-corrected chi connectivity index (χ3v) is 3.25. The van der Waals surface area contributed by atoms with E-state index in [0.29, 0.717) is 18.7 Å². The van der Waals surface area contributed by atoms with Crippen molar-refractivity contribution < 1.29 is 9.90 Å². The van der Waals surface area contributed by atoms with Gasteiger partial charge in [-0.1, -0.05) is 6.07 Å². The third-order valence-electron chi connectivity index (χ3n) is 3.25. The summed E-state index contributed by atoms with van der Waals surface area (Å²) in [6, 6.07) is 7.32. The first-order chi connectivity index (χ1) is 9.61. The Morgan fingerprint density at radius 3 is 2.85 bits per heavy atom. The van der Waals surface area contributed by atoms with Crippen LogP contribution >= 0.6 is 0 Å². The minimum absolute atomic E-state index is 0.0508. The van der Waals surface area contributed by atoms with Gasteiger partial charge in [0.25, 0.3) is 5.91 Å². The van der Waals surface area contributed by atoms with Crippen LogP contribution in [0, 0.1) is 0 Å². The summed E-state index contributed by atoms with van der Waals surface area (Å²) in [5.41, 5.74) is 2.33. The number of carbonyl (C=O) groups is 1. The Kier molecular flexibility index (Phi) is 3.15. The first kappa shape index (κ1) is 12.7. The van der Waals surface area contributed by atoms with Crippen LogP contribution in [0.4, 0.5) is 11.4 Å². The maximum atomic E-state index is 12.2. The molecule has 3 rings (SSSR count). The molecule has 1 saturated heterocycles. The SMILES string of the molecule is Cn1cc(Nc2cccc(C(=O)N3CC(O)C3)c2)cn1. The molecule has 0 bridgehead atoms. The van der Waals surface area contributed by atoms with Crippen molar-refractivity contribution in [2.45, 2.75) is 6.10 Å². The molecule has 0 atom stereocenters. The number of nitrogens with zero attached hydrogens (tertiary/aromatic N) is 3. The number of nitrogens with one attached hydrogen (secondary N) is 1. The van der Waals surface area contributed by atoms with Gasteiger partial charge < -0.3 is 15.3 Å². The molecule has 2 heterocycles. The van der Waals surface area contributed by atoms with Gasteiger partial charge >= 0.3 is 0 Å². The van der Waals surface area contributed by atoms with Crippen molar-refractivity contribution in [3.05, 3.63) is 42.2 Å². The fourth-order valence-corrected chi connectivity index (χ4v) is 2.19. The Hall–Kier alpha value is -2.34. The van der Waals surface area contributed by atoms with Crippen LogP contribution in [0.15, 0.2) is 36.7 Å². The van der Waals surface area contributed by atoms with Gasteiger partial charge in [0, 0.05) is 37.6 Å². The van der Waals surface area contributed by atoms with Gasteiger partial charge in [-0.2, -0.15) is 5.10 Å². The number of aromatic nitrogens is 2. The number of anilines is 2. The van der Waals surface area contributed by atoms with Crippen molar-refractivity contribution >= 4 is 17.3 Å². The van der Waals surface area contributed by atoms with E-state index in [1.165, 1.54) is 0 Å². The van der Waals surface area contributed by atoms with Crippen molar-refractivity contribution in [3.63, 3.8) is 0 Å². The predicted molar refractivity (Wildman–Crippen MR) is 74.8 cm³/mol. The van der Waals surface area contributed by atoms with Crippen molar-refractivity contribution in [1.82, 2.24) is 14.7 Å². The average Bonchev–Trinajstić information content (AvgIpc) is 2.80.